The number of hydrogen-bond donors (Lipinski definition) is 4. The van der Waals surface area contributed by atoms with E-state index in [9.17, 15) is 13.3 Å². The van der Waals surface area contributed by atoms with Gasteiger partial charge in [-0.25, -0.2) is 28.7 Å². The molecule has 10 atom stereocenters. The Morgan fingerprint density at radius 3 is 2.64 bits per heavy atom. The number of nitrogens with two attached hydrogens (primary N) is 2. The third-order valence-corrected chi connectivity index (χ3v) is 9.94. The largest absolute Gasteiger partial charge is 0.780 e. The summed E-state index contributed by atoms with van der Waals surface area (Å²) < 4.78 is 89.6. The molecule has 2 unspecified atom stereocenters. The lowest BCUT2D eigenvalue weighted by Gasteiger charge is -2.34. The molecular formula is C20H23F2N11O8PS2-. The molecule has 24 heteroatoms. The van der Waals surface area contributed by atoms with Crippen molar-refractivity contribution in [2.75, 3.05) is 24.3 Å². The van der Waals surface area contributed by atoms with E-state index < -0.39 is 85.6 Å². The number of hydrogen-bond acceptors (Lipinski definition) is 17. The molecule has 3 aromatic heterocycles. The molecule has 0 aromatic carbocycles. The fourth-order valence-corrected chi connectivity index (χ4v) is 7.76. The average Bonchev–Trinajstić information content (AvgIpc) is 3.73. The highest BCUT2D eigenvalue weighted by atomic mass is 32.5. The van der Waals surface area contributed by atoms with Gasteiger partial charge in [-0.2, -0.15) is 13.1 Å². The zero-order valence-corrected chi connectivity index (χ0v) is 24.5. The normalized spacial score (nSPS) is 38.7. The van der Waals surface area contributed by atoms with Crippen molar-refractivity contribution in [3.63, 3.8) is 0 Å². The number of nitrogen functional groups attached to an aromatic ring is 1. The summed E-state index contributed by atoms with van der Waals surface area (Å²) in [5.74, 6) is 0.289. The van der Waals surface area contributed by atoms with Crippen molar-refractivity contribution in [3.8, 4) is 0 Å². The van der Waals surface area contributed by atoms with Gasteiger partial charge in [0.05, 0.1) is 38.2 Å². The van der Waals surface area contributed by atoms with Gasteiger partial charge in [-0.1, -0.05) is 11.8 Å². The van der Waals surface area contributed by atoms with Crippen molar-refractivity contribution in [3.05, 3.63) is 24.7 Å². The quantitative estimate of drug-likeness (QED) is 0.223. The Kier molecular flexibility index (Phi) is 7.40. The lowest BCUT2D eigenvalue weighted by molar-refractivity contribution is -0.216. The standard InChI is InChI=1S/C20H24F2N11O8PS2/c21-9-11-7(39-19(9)32-5-29-12-15(23)25-3-27-17(12)32)1-37-42(34,43)41-14-8(2-38-44(35,36)31-11)40-20(10(14)22)33-6-30-13-16(24)26-4-28-18(13)33/h3-11,14,16,19-20,31H,1-2,24H2,(H,26,28)(H,34,43)(H2,23,25,27)/p-1/t7-,8-,9-,10-,11-,14-,16?,19-,20-,42?/m1/s1. The zero-order chi connectivity index (χ0) is 31.0. The first-order valence-corrected chi connectivity index (χ1v) is 16.8. The van der Waals surface area contributed by atoms with Gasteiger partial charge in [0, 0.05) is 0 Å². The topological polar surface area (TPSA) is 253 Å². The number of rotatable bonds is 2. The van der Waals surface area contributed by atoms with Crippen LogP contribution in [0.25, 0.3) is 11.2 Å². The molecule has 238 valence electrons. The van der Waals surface area contributed by atoms with Crippen LogP contribution in [0.5, 0.6) is 0 Å². The number of imidazole rings is 2. The highest BCUT2D eigenvalue weighted by Gasteiger charge is 2.52. The van der Waals surface area contributed by atoms with Crippen LogP contribution in [0.4, 0.5) is 20.4 Å². The smallest absolute Gasteiger partial charge is 0.336 e. The van der Waals surface area contributed by atoms with Crippen molar-refractivity contribution in [2.24, 2.45) is 10.7 Å². The average molecular weight is 679 g/mol. The third kappa shape index (κ3) is 5.16. The monoisotopic (exact) mass is 678 g/mol. The molecule has 19 nitrogen and oxygen atoms in total. The Balaban J connectivity index is 1.15. The molecule has 0 bridgehead atoms. The summed E-state index contributed by atoms with van der Waals surface area (Å²) in [5.41, 5.74) is 12.3. The maximum absolute atomic E-state index is 15.9. The highest BCUT2D eigenvalue weighted by molar-refractivity contribution is 8.06. The second-order valence-corrected chi connectivity index (χ2v) is 14.1. The second-order valence-electron chi connectivity index (χ2n) is 10.1. The van der Waals surface area contributed by atoms with Crippen LogP contribution in [0.1, 0.15) is 24.3 Å². The number of aromatic nitrogens is 6. The first kappa shape index (κ1) is 29.9. The van der Waals surface area contributed by atoms with E-state index in [2.05, 4.69) is 35.0 Å². The van der Waals surface area contributed by atoms with Crippen LogP contribution in [0, 0.1) is 0 Å². The molecule has 3 saturated heterocycles. The highest BCUT2D eigenvalue weighted by Crippen LogP contribution is 2.48. The minimum atomic E-state index is -4.73. The number of fused-ring (bicyclic) bond motifs is 4. The first-order valence-electron chi connectivity index (χ1n) is 12.9. The maximum atomic E-state index is 15.9. The van der Waals surface area contributed by atoms with Gasteiger partial charge in [0.15, 0.2) is 36.3 Å². The number of nitrogens with zero attached hydrogens (tertiary/aromatic N) is 7. The van der Waals surface area contributed by atoms with Gasteiger partial charge in [0.2, 0.25) is 0 Å². The van der Waals surface area contributed by atoms with Crippen LogP contribution in [-0.2, 0) is 44.8 Å². The number of halogens is 2. The SMILES string of the molecule is Nc1ncnc2c1ncn2[C@@H]1O[C@@H]2COP([O-])(=S)O[C@H]3[C@@H](F)[C@H](n4cnc5c4NC=NC5N)O[C@@H]3COS(=O)(=O)N[C@H]2[C@H]1F. The molecule has 3 aromatic rings. The molecule has 0 amide bonds. The van der Waals surface area contributed by atoms with Crippen molar-refractivity contribution < 1.29 is 44.8 Å². The molecule has 44 heavy (non-hydrogen) atoms. The molecule has 0 saturated carbocycles. The van der Waals surface area contributed by atoms with Crippen molar-refractivity contribution in [1.29, 1.82) is 0 Å². The van der Waals surface area contributed by atoms with E-state index >= 15 is 8.78 Å². The molecule has 0 spiro atoms. The van der Waals surface area contributed by atoms with Gasteiger partial charge < -0.3 is 40.2 Å². The molecular weight excluding hydrogens is 655 g/mol. The summed E-state index contributed by atoms with van der Waals surface area (Å²) in [4.78, 5) is 33.3. The number of ether oxygens (including phenoxy) is 2. The van der Waals surface area contributed by atoms with Crippen LogP contribution in [0.15, 0.2) is 24.0 Å². The number of anilines is 2. The minimum Gasteiger partial charge on any atom is -0.780 e. The van der Waals surface area contributed by atoms with Crippen LogP contribution in [-0.4, -0.2) is 93.7 Å². The third-order valence-electron chi connectivity index (χ3n) is 7.39. The van der Waals surface area contributed by atoms with Gasteiger partial charge in [0.25, 0.3) is 0 Å². The Morgan fingerprint density at radius 1 is 1.07 bits per heavy atom. The van der Waals surface area contributed by atoms with Crippen LogP contribution >= 0.6 is 6.72 Å². The van der Waals surface area contributed by atoms with Crippen molar-refractivity contribution in [2.45, 2.75) is 55.3 Å². The molecule has 7 heterocycles. The maximum Gasteiger partial charge on any atom is 0.336 e. The minimum absolute atomic E-state index is 0.0260. The fraction of sp³-hybridized carbons (Fsp3) is 0.550. The molecule has 0 aliphatic carbocycles. The van der Waals surface area contributed by atoms with E-state index in [1.165, 1.54) is 28.1 Å². The number of nitrogens with one attached hydrogen (secondary N) is 2. The zero-order valence-electron chi connectivity index (χ0n) is 22.0. The Hall–Kier alpha value is -2.83. The van der Waals surface area contributed by atoms with Crippen LogP contribution in [0.2, 0.25) is 0 Å². The van der Waals surface area contributed by atoms with Gasteiger partial charge in [-0.3, -0.25) is 18.3 Å². The van der Waals surface area contributed by atoms with Crippen LogP contribution in [0.3, 0.4) is 0 Å². The number of aliphatic imine (C=N–C) groups is 1. The van der Waals surface area contributed by atoms with Crippen molar-refractivity contribution in [1.82, 2.24) is 33.8 Å². The molecule has 0 radical (unpaired) electrons. The predicted octanol–water partition coefficient (Wildman–Crippen LogP) is -1.59. The Morgan fingerprint density at radius 2 is 1.82 bits per heavy atom. The van der Waals surface area contributed by atoms with Gasteiger partial charge in [-0.15, -0.1) is 0 Å². The van der Waals surface area contributed by atoms with E-state index in [-0.39, 0.29) is 22.8 Å². The summed E-state index contributed by atoms with van der Waals surface area (Å²) in [6.07, 6.45) is -7.67. The summed E-state index contributed by atoms with van der Waals surface area (Å²) in [7, 11) is -4.73. The molecule has 3 fully saturated rings. The van der Waals surface area contributed by atoms with Gasteiger partial charge in [-0.05, 0) is 0 Å². The summed E-state index contributed by atoms with van der Waals surface area (Å²) >= 11 is 5.02. The molecule has 4 aliphatic rings. The van der Waals surface area contributed by atoms with E-state index in [0.29, 0.717) is 5.69 Å². The molecule has 7 rings (SSSR count). The van der Waals surface area contributed by atoms with Crippen LogP contribution < -0.4 is 26.4 Å². The lowest BCUT2D eigenvalue weighted by atomic mass is 10.1. The summed E-state index contributed by atoms with van der Waals surface area (Å²) in [6.45, 7) is -6.07. The predicted molar refractivity (Wildman–Crippen MR) is 146 cm³/mol. The van der Waals surface area contributed by atoms with Gasteiger partial charge in [0.1, 0.15) is 54.6 Å². The van der Waals surface area contributed by atoms with E-state index in [0.717, 1.165) is 6.33 Å². The second kappa shape index (κ2) is 10.9. The Bertz CT molecular complexity index is 1780. The summed E-state index contributed by atoms with van der Waals surface area (Å²) in [5, 5.41) is 2.80. The molecule has 6 N–H and O–H groups in total. The van der Waals surface area contributed by atoms with Crippen molar-refractivity contribution >= 4 is 58.0 Å². The first-order chi connectivity index (χ1) is 20.9. The molecule has 4 aliphatic heterocycles. The fourth-order valence-electron chi connectivity index (χ4n) is 5.34. The summed E-state index contributed by atoms with van der Waals surface area (Å²) in [6, 6.07) is -1.63. The van der Waals surface area contributed by atoms with E-state index in [4.69, 9.17) is 46.0 Å². The van der Waals surface area contributed by atoms with Gasteiger partial charge >= 0.3 is 10.3 Å². The lowest BCUT2D eigenvalue weighted by Crippen LogP contribution is -2.49. The number of alkyl halides is 2. The van der Waals surface area contributed by atoms with E-state index in [1.54, 1.807) is 0 Å². The Labute approximate surface area is 251 Å². The van der Waals surface area contributed by atoms with E-state index in [1.807, 2.05) is 0 Å².